The monoisotopic (exact) mass is 201 g/mol. The Balaban J connectivity index is 1.89. The molecule has 0 aliphatic carbocycles. The van der Waals surface area contributed by atoms with Gasteiger partial charge in [0, 0.05) is 13.2 Å². The van der Waals surface area contributed by atoms with Crippen molar-refractivity contribution in [1.29, 1.82) is 0 Å². The van der Waals surface area contributed by atoms with E-state index >= 15 is 0 Å². The van der Waals surface area contributed by atoms with Crippen LogP contribution in [0.4, 0.5) is 0 Å². The van der Waals surface area contributed by atoms with Crippen LogP contribution in [-0.4, -0.2) is 37.0 Å². The maximum absolute atomic E-state index is 9.44. The van der Waals surface area contributed by atoms with Gasteiger partial charge in [0.05, 0.1) is 5.60 Å². The molecule has 1 heterocycles. The van der Waals surface area contributed by atoms with E-state index in [1.54, 1.807) is 0 Å². The SMILES string of the molecule is CC(C)(O)CCOCCC1CCNC1. The predicted octanol–water partition coefficient (Wildman–Crippen LogP) is 1.16. The highest BCUT2D eigenvalue weighted by atomic mass is 16.5. The highest BCUT2D eigenvalue weighted by molar-refractivity contribution is 4.70. The second kappa shape index (κ2) is 5.69. The van der Waals surface area contributed by atoms with Gasteiger partial charge in [-0.15, -0.1) is 0 Å². The lowest BCUT2D eigenvalue weighted by atomic mass is 10.1. The van der Waals surface area contributed by atoms with Crippen LogP contribution in [0.3, 0.4) is 0 Å². The smallest absolute Gasteiger partial charge is 0.0613 e. The molecule has 0 radical (unpaired) electrons. The number of rotatable bonds is 6. The molecule has 1 unspecified atom stereocenters. The normalized spacial score (nSPS) is 22.9. The molecule has 84 valence electrons. The van der Waals surface area contributed by atoms with Crippen LogP contribution in [0.5, 0.6) is 0 Å². The Kier molecular flexibility index (Phi) is 4.85. The van der Waals surface area contributed by atoms with Crippen LogP contribution < -0.4 is 5.32 Å². The molecule has 0 aromatic heterocycles. The van der Waals surface area contributed by atoms with Crippen molar-refractivity contribution in [2.45, 2.75) is 38.7 Å². The third-order valence-electron chi connectivity index (χ3n) is 2.69. The molecule has 1 rings (SSSR count). The van der Waals surface area contributed by atoms with E-state index in [1.165, 1.54) is 6.42 Å². The largest absolute Gasteiger partial charge is 0.390 e. The van der Waals surface area contributed by atoms with E-state index in [-0.39, 0.29) is 0 Å². The molecule has 0 bridgehead atoms. The van der Waals surface area contributed by atoms with Crippen LogP contribution in [0, 0.1) is 5.92 Å². The van der Waals surface area contributed by atoms with Gasteiger partial charge in [-0.25, -0.2) is 0 Å². The van der Waals surface area contributed by atoms with Crippen LogP contribution in [-0.2, 0) is 4.74 Å². The molecule has 0 saturated carbocycles. The summed E-state index contributed by atoms with van der Waals surface area (Å²) in [4.78, 5) is 0. The van der Waals surface area contributed by atoms with Crippen molar-refractivity contribution in [3.8, 4) is 0 Å². The lowest BCUT2D eigenvalue weighted by Crippen LogP contribution is -2.21. The molecular formula is C11H23NO2. The summed E-state index contributed by atoms with van der Waals surface area (Å²) < 4.78 is 5.48. The van der Waals surface area contributed by atoms with Crippen molar-refractivity contribution in [1.82, 2.24) is 5.32 Å². The molecule has 1 aliphatic rings. The topological polar surface area (TPSA) is 41.5 Å². The van der Waals surface area contributed by atoms with Crippen LogP contribution >= 0.6 is 0 Å². The van der Waals surface area contributed by atoms with E-state index in [9.17, 15) is 5.11 Å². The molecular weight excluding hydrogens is 178 g/mol. The van der Waals surface area contributed by atoms with E-state index in [1.807, 2.05) is 13.8 Å². The Bertz CT molecular complexity index is 148. The zero-order valence-corrected chi connectivity index (χ0v) is 9.38. The molecule has 1 atom stereocenters. The minimum absolute atomic E-state index is 0.588. The Morgan fingerprint density at radius 1 is 1.43 bits per heavy atom. The van der Waals surface area contributed by atoms with Crippen molar-refractivity contribution in [2.24, 2.45) is 5.92 Å². The van der Waals surface area contributed by atoms with E-state index in [0.29, 0.717) is 6.61 Å². The van der Waals surface area contributed by atoms with E-state index in [0.717, 1.165) is 38.5 Å². The Morgan fingerprint density at radius 3 is 2.79 bits per heavy atom. The molecule has 0 aromatic carbocycles. The fourth-order valence-corrected chi connectivity index (χ4v) is 1.63. The summed E-state index contributed by atoms with van der Waals surface area (Å²) in [5.74, 6) is 0.803. The third kappa shape index (κ3) is 5.58. The molecule has 1 saturated heterocycles. The summed E-state index contributed by atoms with van der Waals surface area (Å²) in [6, 6.07) is 0. The second-order valence-electron chi connectivity index (χ2n) is 4.82. The summed E-state index contributed by atoms with van der Waals surface area (Å²) in [5, 5.41) is 12.8. The number of hydrogen-bond donors (Lipinski definition) is 2. The molecule has 0 spiro atoms. The molecule has 1 aliphatic heterocycles. The number of aliphatic hydroxyl groups is 1. The zero-order valence-electron chi connectivity index (χ0n) is 9.38. The van der Waals surface area contributed by atoms with E-state index in [4.69, 9.17) is 4.74 Å². The summed E-state index contributed by atoms with van der Waals surface area (Å²) in [5.41, 5.74) is -0.588. The van der Waals surface area contributed by atoms with Crippen molar-refractivity contribution in [3.63, 3.8) is 0 Å². The quantitative estimate of drug-likeness (QED) is 0.634. The number of nitrogens with one attached hydrogen (secondary N) is 1. The molecule has 0 amide bonds. The number of ether oxygens (including phenoxy) is 1. The lowest BCUT2D eigenvalue weighted by Gasteiger charge is -2.17. The fraction of sp³-hybridized carbons (Fsp3) is 1.00. The minimum atomic E-state index is -0.588. The van der Waals surface area contributed by atoms with Crippen molar-refractivity contribution >= 4 is 0 Å². The predicted molar refractivity (Wildman–Crippen MR) is 57.3 cm³/mol. The average Bonchev–Trinajstić information content (AvgIpc) is 2.54. The first kappa shape index (κ1) is 12.0. The van der Waals surface area contributed by atoms with Crippen LogP contribution in [0.15, 0.2) is 0 Å². The van der Waals surface area contributed by atoms with Crippen molar-refractivity contribution in [3.05, 3.63) is 0 Å². The van der Waals surface area contributed by atoms with E-state index < -0.39 is 5.60 Å². The average molecular weight is 201 g/mol. The zero-order chi connectivity index (χ0) is 10.4. The van der Waals surface area contributed by atoms with Gasteiger partial charge in [-0.1, -0.05) is 0 Å². The van der Waals surface area contributed by atoms with Gasteiger partial charge < -0.3 is 15.2 Å². The maximum Gasteiger partial charge on any atom is 0.0613 e. The van der Waals surface area contributed by atoms with Crippen LogP contribution in [0.25, 0.3) is 0 Å². The van der Waals surface area contributed by atoms with Gasteiger partial charge in [-0.2, -0.15) is 0 Å². The second-order valence-corrected chi connectivity index (χ2v) is 4.82. The van der Waals surface area contributed by atoms with Gasteiger partial charge in [-0.3, -0.25) is 0 Å². The van der Waals surface area contributed by atoms with Gasteiger partial charge in [0.2, 0.25) is 0 Å². The van der Waals surface area contributed by atoms with Gasteiger partial charge in [0.15, 0.2) is 0 Å². The molecule has 3 nitrogen and oxygen atoms in total. The summed E-state index contributed by atoms with van der Waals surface area (Å²) >= 11 is 0. The Hall–Kier alpha value is -0.120. The van der Waals surface area contributed by atoms with Gasteiger partial charge >= 0.3 is 0 Å². The summed E-state index contributed by atoms with van der Waals surface area (Å²) in [7, 11) is 0. The molecule has 2 N–H and O–H groups in total. The first-order valence-corrected chi connectivity index (χ1v) is 5.59. The highest BCUT2D eigenvalue weighted by Gasteiger charge is 2.14. The Labute approximate surface area is 86.8 Å². The van der Waals surface area contributed by atoms with E-state index in [2.05, 4.69) is 5.32 Å². The number of hydrogen-bond acceptors (Lipinski definition) is 3. The highest BCUT2D eigenvalue weighted by Crippen LogP contribution is 2.12. The summed E-state index contributed by atoms with van der Waals surface area (Å²) in [6.45, 7) is 7.45. The van der Waals surface area contributed by atoms with Gasteiger partial charge in [-0.05, 0) is 52.1 Å². The lowest BCUT2D eigenvalue weighted by molar-refractivity contribution is 0.0259. The Morgan fingerprint density at radius 2 is 2.21 bits per heavy atom. The third-order valence-corrected chi connectivity index (χ3v) is 2.69. The standard InChI is InChI=1S/C11H23NO2/c1-11(2,13)5-8-14-7-4-10-3-6-12-9-10/h10,12-13H,3-9H2,1-2H3. The molecule has 0 aromatic rings. The molecule has 14 heavy (non-hydrogen) atoms. The van der Waals surface area contributed by atoms with Gasteiger partial charge in [0.25, 0.3) is 0 Å². The maximum atomic E-state index is 9.44. The molecule has 1 fully saturated rings. The molecule has 3 heteroatoms. The van der Waals surface area contributed by atoms with Crippen LogP contribution in [0.1, 0.15) is 33.1 Å². The summed E-state index contributed by atoms with van der Waals surface area (Å²) in [6.07, 6.45) is 3.16. The van der Waals surface area contributed by atoms with Gasteiger partial charge in [0.1, 0.15) is 0 Å². The minimum Gasteiger partial charge on any atom is -0.390 e. The van der Waals surface area contributed by atoms with Crippen molar-refractivity contribution < 1.29 is 9.84 Å². The van der Waals surface area contributed by atoms with Crippen LogP contribution in [0.2, 0.25) is 0 Å². The fourth-order valence-electron chi connectivity index (χ4n) is 1.63. The first-order chi connectivity index (χ1) is 6.58. The first-order valence-electron chi connectivity index (χ1n) is 5.59. The van der Waals surface area contributed by atoms with Crippen molar-refractivity contribution in [2.75, 3.05) is 26.3 Å².